The smallest absolute Gasteiger partial charge is 0.277 e. The minimum atomic E-state index is -0.332. The van der Waals surface area contributed by atoms with Gasteiger partial charge in [-0.25, -0.2) is 5.43 Å². The van der Waals surface area contributed by atoms with Crippen LogP contribution in [-0.4, -0.2) is 25.8 Å². The number of ether oxygens (including phenoxy) is 2. The lowest BCUT2D eigenvalue weighted by atomic mass is 10.0. The monoisotopic (exact) mass is 410 g/mol. The number of hydrogen-bond acceptors (Lipinski definition) is 4. The number of rotatable bonds is 7. The third-order valence-electron chi connectivity index (χ3n) is 4.86. The molecule has 4 aromatic rings. The van der Waals surface area contributed by atoms with Crippen molar-refractivity contribution < 1.29 is 14.3 Å². The van der Waals surface area contributed by atoms with Crippen LogP contribution in [0.1, 0.15) is 5.56 Å². The molecule has 0 saturated carbocycles. The number of carbonyl (C=O) groups excluding carboxylic acids is 1. The SMILES string of the molecule is COc1ccc(/C=N/NC(=O)COc2ccc(-c3ccccc3)cc2)c2ccccc12. The van der Waals surface area contributed by atoms with Crippen LogP contribution in [0, 0.1) is 0 Å². The van der Waals surface area contributed by atoms with Crippen LogP contribution in [0.25, 0.3) is 21.9 Å². The Bertz CT molecular complexity index is 1200. The van der Waals surface area contributed by atoms with Gasteiger partial charge in [0.05, 0.1) is 13.3 Å². The van der Waals surface area contributed by atoms with Gasteiger partial charge in [0, 0.05) is 10.9 Å². The maximum atomic E-state index is 12.1. The molecule has 0 saturated heterocycles. The van der Waals surface area contributed by atoms with Crippen LogP contribution < -0.4 is 14.9 Å². The van der Waals surface area contributed by atoms with Gasteiger partial charge in [-0.05, 0) is 40.8 Å². The Morgan fingerprint density at radius 3 is 2.26 bits per heavy atom. The van der Waals surface area contributed by atoms with Gasteiger partial charge in [-0.2, -0.15) is 5.10 Å². The second-order valence-corrected chi connectivity index (χ2v) is 6.87. The average molecular weight is 410 g/mol. The number of fused-ring (bicyclic) bond motifs is 1. The second-order valence-electron chi connectivity index (χ2n) is 6.87. The van der Waals surface area contributed by atoms with Crippen molar-refractivity contribution in [1.82, 2.24) is 5.43 Å². The van der Waals surface area contributed by atoms with Gasteiger partial charge >= 0.3 is 0 Å². The number of hydrazone groups is 1. The summed E-state index contributed by atoms with van der Waals surface area (Å²) in [5.74, 6) is 1.09. The van der Waals surface area contributed by atoms with Crippen LogP contribution in [0.4, 0.5) is 0 Å². The summed E-state index contributed by atoms with van der Waals surface area (Å²) in [6, 6.07) is 29.4. The number of methoxy groups -OCH3 is 1. The van der Waals surface area contributed by atoms with Crippen molar-refractivity contribution in [2.45, 2.75) is 0 Å². The minimum Gasteiger partial charge on any atom is -0.496 e. The lowest BCUT2D eigenvalue weighted by Gasteiger charge is -2.08. The molecule has 0 heterocycles. The van der Waals surface area contributed by atoms with E-state index in [-0.39, 0.29) is 12.5 Å². The summed E-state index contributed by atoms with van der Waals surface area (Å²) in [7, 11) is 1.64. The average Bonchev–Trinajstić information content (AvgIpc) is 2.83. The first-order chi connectivity index (χ1) is 15.2. The highest BCUT2D eigenvalue weighted by Crippen LogP contribution is 2.27. The Kier molecular flexibility index (Phi) is 6.24. The first-order valence-corrected chi connectivity index (χ1v) is 9.90. The Balaban J connectivity index is 1.34. The van der Waals surface area contributed by atoms with Crippen molar-refractivity contribution in [2.75, 3.05) is 13.7 Å². The lowest BCUT2D eigenvalue weighted by Crippen LogP contribution is -2.24. The lowest BCUT2D eigenvalue weighted by molar-refractivity contribution is -0.123. The second kappa shape index (κ2) is 9.59. The van der Waals surface area contributed by atoms with Gasteiger partial charge in [-0.15, -0.1) is 0 Å². The predicted octanol–water partition coefficient (Wildman–Crippen LogP) is 5.04. The Labute approximate surface area is 180 Å². The van der Waals surface area contributed by atoms with Gasteiger partial charge in [-0.1, -0.05) is 66.7 Å². The van der Waals surface area contributed by atoms with E-state index in [9.17, 15) is 4.79 Å². The molecule has 0 aliphatic rings. The van der Waals surface area contributed by atoms with Crippen molar-refractivity contribution >= 4 is 22.9 Å². The van der Waals surface area contributed by atoms with E-state index in [1.54, 1.807) is 13.3 Å². The number of amides is 1. The zero-order valence-electron chi connectivity index (χ0n) is 17.1. The van der Waals surface area contributed by atoms with Crippen molar-refractivity contribution in [3.63, 3.8) is 0 Å². The van der Waals surface area contributed by atoms with Crippen LogP contribution >= 0.6 is 0 Å². The molecule has 0 radical (unpaired) electrons. The standard InChI is InChI=1S/C26H22N2O3/c1-30-25-16-13-21(23-9-5-6-10-24(23)25)17-27-28-26(29)18-31-22-14-11-20(12-15-22)19-7-3-2-4-8-19/h2-17H,18H2,1H3,(H,28,29)/b27-17+. The molecule has 5 heteroatoms. The molecule has 1 N–H and O–H groups in total. The molecule has 0 spiro atoms. The van der Waals surface area contributed by atoms with Gasteiger partial charge in [-0.3, -0.25) is 4.79 Å². The molecule has 4 aromatic carbocycles. The first-order valence-electron chi connectivity index (χ1n) is 9.90. The number of nitrogens with one attached hydrogen (secondary N) is 1. The first kappa shape index (κ1) is 20.2. The highest BCUT2D eigenvalue weighted by Gasteiger charge is 2.05. The largest absolute Gasteiger partial charge is 0.496 e. The molecule has 0 aliphatic carbocycles. The minimum absolute atomic E-state index is 0.120. The number of nitrogens with zero attached hydrogens (tertiary/aromatic N) is 1. The van der Waals surface area contributed by atoms with Gasteiger partial charge < -0.3 is 9.47 Å². The Morgan fingerprint density at radius 1 is 0.839 bits per heavy atom. The fourth-order valence-corrected chi connectivity index (χ4v) is 3.31. The molecule has 31 heavy (non-hydrogen) atoms. The van der Waals surface area contributed by atoms with Crippen molar-refractivity contribution in [1.29, 1.82) is 0 Å². The zero-order chi connectivity index (χ0) is 21.5. The molecular weight excluding hydrogens is 388 g/mol. The van der Waals surface area contributed by atoms with Crippen LogP contribution in [0.5, 0.6) is 11.5 Å². The van der Waals surface area contributed by atoms with Crippen LogP contribution in [0.15, 0.2) is 96.1 Å². The third kappa shape index (κ3) is 4.90. The maximum absolute atomic E-state index is 12.1. The summed E-state index contributed by atoms with van der Waals surface area (Å²) < 4.78 is 11.0. The van der Waals surface area contributed by atoms with Gasteiger partial charge in [0.25, 0.3) is 5.91 Å². The summed E-state index contributed by atoms with van der Waals surface area (Å²) in [5, 5.41) is 6.05. The summed E-state index contributed by atoms with van der Waals surface area (Å²) in [6.45, 7) is -0.120. The van der Waals surface area contributed by atoms with E-state index in [1.165, 1.54) is 0 Å². The van der Waals surface area contributed by atoms with E-state index >= 15 is 0 Å². The summed E-state index contributed by atoms with van der Waals surface area (Å²) in [4.78, 5) is 12.1. The van der Waals surface area contributed by atoms with E-state index in [0.717, 1.165) is 33.2 Å². The molecule has 154 valence electrons. The predicted molar refractivity (Wildman–Crippen MR) is 124 cm³/mol. The van der Waals surface area contributed by atoms with E-state index in [0.29, 0.717) is 5.75 Å². The van der Waals surface area contributed by atoms with Crippen LogP contribution in [0.3, 0.4) is 0 Å². The maximum Gasteiger partial charge on any atom is 0.277 e. The fraction of sp³-hybridized carbons (Fsp3) is 0.0769. The number of carbonyl (C=O) groups is 1. The Hall–Kier alpha value is -4.12. The summed E-state index contributed by atoms with van der Waals surface area (Å²) in [6.07, 6.45) is 1.62. The normalized spacial score (nSPS) is 10.9. The zero-order valence-corrected chi connectivity index (χ0v) is 17.1. The molecular formula is C26H22N2O3. The van der Waals surface area contributed by atoms with Gasteiger partial charge in [0.15, 0.2) is 6.61 Å². The molecule has 0 aromatic heterocycles. The quantitative estimate of drug-likeness (QED) is 0.343. The highest BCUT2D eigenvalue weighted by molar-refractivity contribution is 6.02. The topological polar surface area (TPSA) is 59.9 Å². The third-order valence-corrected chi connectivity index (χ3v) is 4.86. The molecule has 1 amide bonds. The fourth-order valence-electron chi connectivity index (χ4n) is 3.31. The Morgan fingerprint density at radius 2 is 1.52 bits per heavy atom. The highest BCUT2D eigenvalue weighted by atomic mass is 16.5. The van der Waals surface area contributed by atoms with Gasteiger partial charge in [0.1, 0.15) is 11.5 Å². The van der Waals surface area contributed by atoms with E-state index in [1.807, 2.05) is 91.0 Å². The summed E-state index contributed by atoms with van der Waals surface area (Å²) >= 11 is 0. The van der Waals surface area contributed by atoms with E-state index in [4.69, 9.17) is 9.47 Å². The van der Waals surface area contributed by atoms with Gasteiger partial charge in [0.2, 0.25) is 0 Å². The summed E-state index contributed by atoms with van der Waals surface area (Å²) in [5.41, 5.74) is 5.61. The van der Waals surface area contributed by atoms with Crippen molar-refractivity contribution in [3.8, 4) is 22.6 Å². The van der Waals surface area contributed by atoms with Crippen LogP contribution in [0.2, 0.25) is 0 Å². The molecule has 0 unspecified atom stereocenters. The number of benzene rings is 4. The molecule has 5 nitrogen and oxygen atoms in total. The molecule has 0 aliphatic heterocycles. The number of hydrogen-bond donors (Lipinski definition) is 1. The van der Waals surface area contributed by atoms with Crippen LogP contribution in [-0.2, 0) is 4.79 Å². The van der Waals surface area contributed by atoms with Crippen molar-refractivity contribution in [2.24, 2.45) is 5.10 Å². The van der Waals surface area contributed by atoms with Crippen molar-refractivity contribution in [3.05, 3.63) is 96.6 Å². The van der Waals surface area contributed by atoms with E-state index < -0.39 is 0 Å². The molecule has 0 atom stereocenters. The molecule has 0 bridgehead atoms. The molecule has 0 fully saturated rings. The van der Waals surface area contributed by atoms with E-state index in [2.05, 4.69) is 10.5 Å². The molecule has 4 rings (SSSR count).